The second-order valence-electron chi connectivity index (χ2n) is 5.07. The Morgan fingerprint density at radius 3 is 2.57 bits per heavy atom. The number of carbonyl (C=O) groups excluding carboxylic acids is 1. The maximum Gasteiger partial charge on any atom is 0.435 e. The number of carboxylic acid groups (broad SMARTS) is 1. The van der Waals surface area contributed by atoms with Gasteiger partial charge >= 0.3 is 12.3 Å². The van der Waals surface area contributed by atoms with E-state index in [1.54, 1.807) is 0 Å². The summed E-state index contributed by atoms with van der Waals surface area (Å²) >= 11 is 0. The van der Waals surface area contributed by atoms with Gasteiger partial charge in [0.1, 0.15) is 0 Å². The SMILES string of the molecule is Cn1nc(C(F)(F)F)cc1-c1ccc2c(c1)CC(=O)N2C(=O)O. The van der Waals surface area contributed by atoms with E-state index in [1.165, 1.54) is 25.2 Å². The molecule has 6 nitrogen and oxygen atoms in total. The van der Waals surface area contributed by atoms with E-state index in [4.69, 9.17) is 5.11 Å². The highest BCUT2D eigenvalue weighted by molar-refractivity contribution is 6.16. The second kappa shape index (κ2) is 4.83. The van der Waals surface area contributed by atoms with Gasteiger partial charge in [-0.05, 0) is 23.8 Å². The first-order valence-electron chi connectivity index (χ1n) is 6.49. The van der Waals surface area contributed by atoms with Crippen molar-refractivity contribution in [1.82, 2.24) is 9.78 Å². The number of aromatic nitrogens is 2. The fourth-order valence-electron chi connectivity index (χ4n) is 2.57. The number of imide groups is 1. The molecular formula is C14H10F3N3O3. The van der Waals surface area contributed by atoms with E-state index in [-0.39, 0.29) is 17.8 Å². The second-order valence-corrected chi connectivity index (χ2v) is 5.07. The number of fused-ring (bicyclic) bond motifs is 1. The fraction of sp³-hybridized carbons (Fsp3) is 0.214. The van der Waals surface area contributed by atoms with Gasteiger partial charge in [-0.2, -0.15) is 18.3 Å². The first kappa shape index (κ1) is 15.1. The monoisotopic (exact) mass is 325 g/mol. The molecule has 0 radical (unpaired) electrons. The Morgan fingerprint density at radius 2 is 2.00 bits per heavy atom. The Bertz CT molecular complexity index is 826. The molecule has 3 rings (SSSR count). The summed E-state index contributed by atoms with van der Waals surface area (Å²) in [6, 6.07) is 5.29. The first-order chi connectivity index (χ1) is 10.7. The van der Waals surface area contributed by atoms with E-state index >= 15 is 0 Å². The van der Waals surface area contributed by atoms with Gasteiger partial charge in [0.05, 0.1) is 17.8 Å². The average molecular weight is 325 g/mol. The molecule has 1 aliphatic heterocycles. The van der Waals surface area contributed by atoms with Crippen molar-refractivity contribution >= 4 is 17.7 Å². The van der Waals surface area contributed by atoms with Crippen LogP contribution in [0, 0.1) is 0 Å². The molecule has 2 aromatic rings. The highest BCUT2D eigenvalue weighted by Crippen LogP contribution is 2.35. The molecule has 9 heteroatoms. The van der Waals surface area contributed by atoms with Crippen LogP contribution < -0.4 is 4.90 Å². The molecule has 0 bridgehead atoms. The molecule has 1 aliphatic rings. The van der Waals surface area contributed by atoms with Crippen LogP contribution in [0.4, 0.5) is 23.7 Å². The summed E-state index contributed by atoms with van der Waals surface area (Å²) in [5.74, 6) is -0.592. The Hall–Kier alpha value is -2.84. The largest absolute Gasteiger partial charge is 0.464 e. The number of carbonyl (C=O) groups is 2. The third-order valence-electron chi connectivity index (χ3n) is 3.57. The molecule has 0 unspecified atom stereocenters. The van der Waals surface area contributed by atoms with E-state index in [9.17, 15) is 22.8 Å². The Labute approximate surface area is 127 Å². The summed E-state index contributed by atoms with van der Waals surface area (Å²) in [6.07, 6.45) is -6.05. The number of hydrogen-bond acceptors (Lipinski definition) is 3. The molecule has 2 amide bonds. The minimum absolute atomic E-state index is 0.112. The van der Waals surface area contributed by atoms with E-state index in [1.807, 2.05) is 0 Å². The zero-order valence-electron chi connectivity index (χ0n) is 11.8. The van der Waals surface area contributed by atoms with Crippen molar-refractivity contribution < 1.29 is 27.9 Å². The molecule has 0 atom stereocenters. The van der Waals surface area contributed by atoms with Crippen LogP contribution in [-0.2, 0) is 24.4 Å². The summed E-state index contributed by atoms with van der Waals surface area (Å²) < 4.78 is 39.2. The van der Waals surface area contributed by atoms with Crippen LogP contribution in [0.25, 0.3) is 11.3 Å². The molecule has 23 heavy (non-hydrogen) atoms. The van der Waals surface area contributed by atoms with Crippen molar-refractivity contribution in [3.63, 3.8) is 0 Å². The van der Waals surface area contributed by atoms with E-state index in [0.717, 1.165) is 10.7 Å². The average Bonchev–Trinajstić information content (AvgIpc) is 2.96. The number of amides is 2. The lowest BCUT2D eigenvalue weighted by Crippen LogP contribution is -2.31. The standard InChI is InChI=1S/C14H10F3N3O3/c1-19-10(6-11(18-19)14(15,16)17)7-2-3-9-8(4-7)5-12(21)20(9)13(22)23/h2-4,6H,5H2,1H3,(H,22,23). The summed E-state index contributed by atoms with van der Waals surface area (Å²) in [5.41, 5.74) is 0.309. The maximum atomic E-state index is 12.7. The molecule has 0 saturated carbocycles. The fourth-order valence-corrected chi connectivity index (χ4v) is 2.57. The number of anilines is 1. The normalized spacial score (nSPS) is 14.3. The molecular weight excluding hydrogens is 315 g/mol. The van der Waals surface area contributed by atoms with Gasteiger partial charge in [-0.15, -0.1) is 0 Å². The van der Waals surface area contributed by atoms with Gasteiger partial charge in [0.15, 0.2) is 5.69 Å². The van der Waals surface area contributed by atoms with Crippen molar-refractivity contribution in [3.8, 4) is 11.3 Å². The lowest BCUT2D eigenvalue weighted by atomic mass is 10.1. The summed E-state index contributed by atoms with van der Waals surface area (Å²) in [6.45, 7) is 0. The number of benzene rings is 1. The van der Waals surface area contributed by atoms with Gasteiger partial charge in [-0.3, -0.25) is 9.48 Å². The van der Waals surface area contributed by atoms with Crippen molar-refractivity contribution in [2.24, 2.45) is 7.05 Å². The minimum Gasteiger partial charge on any atom is -0.464 e. The molecule has 0 aliphatic carbocycles. The van der Waals surface area contributed by atoms with Gasteiger partial charge in [-0.25, -0.2) is 9.69 Å². The number of alkyl halides is 3. The number of hydrogen-bond donors (Lipinski definition) is 1. The smallest absolute Gasteiger partial charge is 0.435 e. The topological polar surface area (TPSA) is 75.4 Å². The van der Waals surface area contributed by atoms with Gasteiger partial charge < -0.3 is 5.11 Å². The summed E-state index contributed by atoms with van der Waals surface area (Å²) in [4.78, 5) is 23.4. The molecule has 120 valence electrons. The first-order valence-corrected chi connectivity index (χ1v) is 6.49. The summed E-state index contributed by atoms with van der Waals surface area (Å²) in [7, 11) is 1.38. The van der Waals surface area contributed by atoms with Gasteiger partial charge in [0.25, 0.3) is 0 Å². The minimum atomic E-state index is -4.55. The van der Waals surface area contributed by atoms with Gasteiger partial charge in [-0.1, -0.05) is 6.07 Å². The third-order valence-corrected chi connectivity index (χ3v) is 3.57. The van der Waals surface area contributed by atoms with Crippen LogP contribution in [-0.4, -0.2) is 26.9 Å². The highest BCUT2D eigenvalue weighted by Gasteiger charge is 2.35. The van der Waals surface area contributed by atoms with E-state index in [2.05, 4.69) is 5.10 Å². The summed E-state index contributed by atoms with van der Waals surface area (Å²) in [5, 5.41) is 12.4. The quantitative estimate of drug-likeness (QED) is 0.874. The van der Waals surface area contributed by atoms with E-state index in [0.29, 0.717) is 16.0 Å². The van der Waals surface area contributed by atoms with Crippen molar-refractivity contribution in [3.05, 3.63) is 35.5 Å². The van der Waals surface area contributed by atoms with Crippen LogP contribution in [0.15, 0.2) is 24.3 Å². The Morgan fingerprint density at radius 1 is 1.30 bits per heavy atom. The van der Waals surface area contributed by atoms with Gasteiger partial charge in [0.2, 0.25) is 5.91 Å². The number of nitrogens with zero attached hydrogens (tertiary/aromatic N) is 3. The van der Waals surface area contributed by atoms with Crippen molar-refractivity contribution in [1.29, 1.82) is 0 Å². The van der Waals surface area contributed by atoms with Gasteiger partial charge in [0, 0.05) is 12.6 Å². The lowest BCUT2D eigenvalue weighted by molar-refractivity contribution is -0.141. The molecule has 1 aromatic carbocycles. The predicted octanol–water partition coefficient (Wildman–Crippen LogP) is 2.67. The zero-order chi connectivity index (χ0) is 16.9. The maximum absolute atomic E-state index is 12.7. The Balaban J connectivity index is 2.05. The van der Waals surface area contributed by atoms with Crippen LogP contribution in [0.1, 0.15) is 11.3 Å². The highest BCUT2D eigenvalue weighted by atomic mass is 19.4. The van der Waals surface area contributed by atoms with Crippen molar-refractivity contribution in [2.75, 3.05) is 4.90 Å². The van der Waals surface area contributed by atoms with Crippen LogP contribution >= 0.6 is 0 Å². The predicted molar refractivity (Wildman–Crippen MR) is 72.9 cm³/mol. The van der Waals surface area contributed by atoms with Crippen LogP contribution in [0.5, 0.6) is 0 Å². The zero-order valence-corrected chi connectivity index (χ0v) is 11.8. The van der Waals surface area contributed by atoms with Crippen LogP contribution in [0.3, 0.4) is 0 Å². The lowest BCUT2D eigenvalue weighted by Gasteiger charge is -2.11. The third kappa shape index (κ3) is 2.43. The molecule has 0 fully saturated rings. The molecule has 0 spiro atoms. The van der Waals surface area contributed by atoms with Crippen molar-refractivity contribution in [2.45, 2.75) is 12.6 Å². The van der Waals surface area contributed by atoms with Crippen LogP contribution in [0.2, 0.25) is 0 Å². The number of halogens is 3. The Kier molecular flexibility index (Phi) is 3.17. The molecule has 1 N–H and O–H groups in total. The molecule has 1 aromatic heterocycles. The number of aryl methyl sites for hydroxylation is 1. The molecule has 2 heterocycles. The van der Waals surface area contributed by atoms with E-state index < -0.39 is 23.9 Å². The number of rotatable bonds is 1. The molecule has 0 saturated heterocycles.